The lowest BCUT2D eigenvalue weighted by Gasteiger charge is -2.31. The molecule has 7 nitrogen and oxygen atoms in total. The Balaban J connectivity index is 2.21. The highest BCUT2D eigenvalue weighted by Gasteiger charge is 2.28. The third kappa shape index (κ3) is 5.10. The first-order valence-electron chi connectivity index (χ1n) is 8.24. The van der Waals surface area contributed by atoms with Crippen molar-refractivity contribution in [2.45, 2.75) is 13.0 Å². The van der Waals surface area contributed by atoms with Crippen molar-refractivity contribution in [2.24, 2.45) is 0 Å². The van der Waals surface area contributed by atoms with Gasteiger partial charge in [-0.2, -0.15) is 0 Å². The molecule has 1 aliphatic heterocycles. The summed E-state index contributed by atoms with van der Waals surface area (Å²) >= 11 is 0. The number of ketones is 1. The predicted octanol–water partition coefficient (Wildman–Crippen LogP) is 0.103. The quantitative estimate of drug-likeness (QED) is 0.532. The van der Waals surface area contributed by atoms with Crippen molar-refractivity contribution >= 4 is 11.8 Å². The SMILES string of the molecule is COC(=O)C(c1ccc(C(C)=O)cc1)N1CCNCCNCCN1. The third-order valence-electron chi connectivity index (χ3n) is 3.99. The third-order valence-corrected chi connectivity index (χ3v) is 3.99. The number of esters is 1. The van der Waals surface area contributed by atoms with Crippen LogP contribution in [0.5, 0.6) is 0 Å². The highest BCUT2D eigenvalue weighted by molar-refractivity contribution is 5.94. The fourth-order valence-electron chi connectivity index (χ4n) is 2.67. The molecule has 0 aromatic heterocycles. The molecular formula is C17H26N4O3. The van der Waals surface area contributed by atoms with Gasteiger partial charge in [0.1, 0.15) is 6.04 Å². The standard InChI is InChI=1S/C17H26N4O3/c1-13(22)14-3-5-15(6-4-14)16(17(23)24-2)21-12-11-19-8-7-18-9-10-20-21/h3-6,16,18-20H,7-12H2,1-2H3. The van der Waals surface area contributed by atoms with Crippen molar-refractivity contribution in [3.05, 3.63) is 35.4 Å². The van der Waals surface area contributed by atoms with Gasteiger partial charge in [0.15, 0.2) is 5.78 Å². The van der Waals surface area contributed by atoms with Gasteiger partial charge in [0.05, 0.1) is 7.11 Å². The molecule has 3 N–H and O–H groups in total. The van der Waals surface area contributed by atoms with E-state index in [0.29, 0.717) is 12.1 Å². The van der Waals surface area contributed by atoms with Crippen molar-refractivity contribution in [3.8, 4) is 0 Å². The topological polar surface area (TPSA) is 82.7 Å². The largest absolute Gasteiger partial charge is 0.468 e. The smallest absolute Gasteiger partial charge is 0.329 e. The van der Waals surface area contributed by atoms with Crippen LogP contribution in [0.25, 0.3) is 0 Å². The molecule has 24 heavy (non-hydrogen) atoms. The van der Waals surface area contributed by atoms with E-state index in [-0.39, 0.29) is 11.8 Å². The van der Waals surface area contributed by atoms with Crippen LogP contribution in [-0.2, 0) is 9.53 Å². The highest BCUT2D eigenvalue weighted by atomic mass is 16.5. The van der Waals surface area contributed by atoms with Crippen LogP contribution in [0.15, 0.2) is 24.3 Å². The number of hydrogen-bond acceptors (Lipinski definition) is 7. The first-order chi connectivity index (χ1) is 11.6. The second-order valence-corrected chi connectivity index (χ2v) is 5.71. The van der Waals surface area contributed by atoms with Gasteiger partial charge in [-0.05, 0) is 12.5 Å². The van der Waals surface area contributed by atoms with Gasteiger partial charge in [-0.1, -0.05) is 24.3 Å². The number of carbonyl (C=O) groups is 2. The Morgan fingerprint density at radius 2 is 1.67 bits per heavy atom. The average molecular weight is 334 g/mol. The van der Waals surface area contributed by atoms with Crippen LogP contribution in [-0.4, -0.2) is 63.1 Å². The lowest BCUT2D eigenvalue weighted by Crippen LogP contribution is -2.50. The van der Waals surface area contributed by atoms with E-state index in [1.807, 2.05) is 17.1 Å². The minimum Gasteiger partial charge on any atom is -0.468 e. The molecule has 1 unspecified atom stereocenters. The van der Waals surface area contributed by atoms with Crippen molar-refractivity contribution < 1.29 is 14.3 Å². The normalized spacial score (nSPS) is 18.6. The number of nitrogens with zero attached hydrogens (tertiary/aromatic N) is 1. The Morgan fingerprint density at radius 3 is 2.29 bits per heavy atom. The molecule has 1 aliphatic rings. The molecule has 7 heteroatoms. The maximum Gasteiger partial charge on any atom is 0.329 e. The van der Waals surface area contributed by atoms with Crippen LogP contribution in [0.4, 0.5) is 0 Å². The van der Waals surface area contributed by atoms with E-state index in [1.165, 1.54) is 14.0 Å². The van der Waals surface area contributed by atoms with Gasteiger partial charge in [-0.25, -0.2) is 9.80 Å². The van der Waals surface area contributed by atoms with Crippen molar-refractivity contribution in [2.75, 3.05) is 46.4 Å². The lowest BCUT2D eigenvalue weighted by atomic mass is 10.0. The Hall–Kier alpha value is -1.80. The molecule has 1 aromatic rings. The molecule has 132 valence electrons. The summed E-state index contributed by atoms with van der Waals surface area (Å²) < 4.78 is 5.00. The van der Waals surface area contributed by atoms with E-state index < -0.39 is 6.04 Å². The Kier molecular flexibility index (Phi) is 7.33. The minimum atomic E-state index is -0.558. The molecule has 0 bridgehead atoms. The number of hydrazine groups is 1. The predicted molar refractivity (Wildman–Crippen MR) is 91.7 cm³/mol. The summed E-state index contributed by atoms with van der Waals surface area (Å²) in [6, 6.07) is 6.55. The van der Waals surface area contributed by atoms with Gasteiger partial charge in [-0.3, -0.25) is 10.2 Å². The summed E-state index contributed by atoms with van der Waals surface area (Å²) in [5, 5.41) is 8.54. The number of hydrogen-bond donors (Lipinski definition) is 3. The van der Waals surface area contributed by atoms with Gasteiger partial charge in [0, 0.05) is 44.8 Å². The monoisotopic (exact) mass is 334 g/mol. The number of ether oxygens (including phenoxy) is 1. The Labute approximate surface area is 142 Å². The molecule has 0 aliphatic carbocycles. The molecule has 0 spiro atoms. The molecule has 1 fully saturated rings. The Bertz CT molecular complexity index is 537. The number of benzene rings is 1. The summed E-state index contributed by atoms with van der Waals surface area (Å²) in [5.74, 6) is -0.327. The zero-order valence-corrected chi connectivity index (χ0v) is 14.3. The van der Waals surface area contributed by atoms with Gasteiger partial charge in [0.25, 0.3) is 0 Å². The fourth-order valence-corrected chi connectivity index (χ4v) is 2.67. The number of methoxy groups -OCH3 is 1. The minimum absolute atomic E-state index is 0.00330. The van der Waals surface area contributed by atoms with Crippen molar-refractivity contribution in [1.82, 2.24) is 21.1 Å². The number of carbonyl (C=O) groups excluding carboxylic acids is 2. The number of nitrogens with one attached hydrogen (secondary N) is 3. The fraction of sp³-hybridized carbons (Fsp3) is 0.529. The van der Waals surface area contributed by atoms with E-state index in [9.17, 15) is 9.59 Å². The summed E-state index contributed by atoms with van der Waals surface area (Å²) in [6.07, 6.45) is 0. The molecular weight excluding hydrogens is 308 g/mol. The zero-order chi connectivity index (χ0) is 17.4. The van der Waals surface area contributed by atoms with Crippen LogP contribution in [0.2, 0.25) is 0 Å². The molecule has 2 rings (SSSR count). The zero-order valence-electron chi connectivity index (χ0n) is 14.3. The maximum absolute atomic E-state index is 12.4. The van der Waals surface area contributed by atoms with Gasteiger partial charge in [0.2, 0.25) is 0 Å². The summed E-state index contributed by atoms with van der Waals surface area (Å²) in [6.45, 7) is 6.30. The first-order valence-corrected chi connectivity index (χ1v) is 8.24. The lowest BCUT2D eigenvalue weighted by molar-refractivity contribution is -0.148. The maximum atomic E-state index is 12.4. The van der Waals surface area contributed by atoms with E-state index in [1.54, 1.807) is 12.1 Å². The molecule has 1 saturated heterocycles. The van der Waals surface area contributed by atoms with Crippen molar-refractivity contribution in [1.29, 1.82) is 0 Å². The molecule has 0 saturated carbocycles. The Morgan fingerprint density at radius 1 is 1.04 bits per heavy atom. The highest BCUT2D eigenvalue weighted by Crippen LogP contribution is 2.21. The molecule has 0 radical (unpaired) electrons. The summed E-state index contributed by atoms with van der Waals surface area (Å²) in [5.41, 5.74) is 4.73. The average Bonchev–Trinajstić information content (AvgIpc) is 2.60. The van der Waals surface area contributed by atoms with Crippen LogP contribution >= 0.6 is 0 Å². The molecule has 0 amide bonds. The number of Topliss-reactive ketones (excluding diaryl/α,β-unsaturated/α-hetero) is 1. The van der Waals surface area contributed by atoms with Gasteiger partial charge >= 0.3 is 5.97 Å². The molecule has 1 heterocycles. The van der Waals surface area contributed by atoms with E-state index in [0.717, 1.165) is 38.3 Å². The summed E-state index contributed by atoms with van der Waals surface area (Å²) in [4.78, 5) is 23.8. The molecule has 1 atom stereocenters. The van der Waals surface area contributed by atoms with E-state index in [2.05, 4.69) is 16.1 Å². The number of rotatable bonds is 4. The molecule has 1 aromatic carbocycles. The summed E-state index contributed by atoms with van der Waals surface area (Å²) in [7, 11) is 1.39. The van der Waals surface area contributed by atoms with Crippen molar-refractivity contribution in [3.63, 3.8) is 0 Å². The van der Waals surface area contributed by atoms with Crippen LogP contribution in [0.1, 0.15) is 28.9 Å². The van der Waals surface area contributed by atoms with Gasteiger partial charge in [-0.15, -0.1) is 0 Å². The second-order valence-electron chi connectivity index (χ2n) is 5.71. The van der Waals surface area contributed by atoms with Crippen LogP contribution in [0, 0.1) is 0 Å². The van der Waals surface area contributed by atoms with E-state index in [4.69, 9.17) is 4.74 Å². The second kappa shape index (κ2) is 9.48. The van der Waals surface area contributed by atoms with Crippen LogP contribution < -0.4 is 16.1 Å². The van der Waals surface area contributed by atoms with Crippen LogP contribution in [0.3, 0.4) is 0 Å². The van der Waals surface area contributed by atoms with E-state index >= 15 is 0 Å². The first kappa shape index (κ1) is 18.5. The van der Waals surface area contributed by atoms with Gasteiger partial charge < -0.3 is 15.4 Å².